The van der Waals surface area contributed by atoms with Crippen molar-refractivity contribution in [3.05, 3.63) is 60.1 Å². The highest BCUT2D eigenvalue weighted by atomic mass is 35.5. The Hall–Kier alpha value is -3.23. The lowest BCUT2D eigenvalue weighted by Gasteiger charge is -2.37. The predicted octanol–water partition coefficient (Wildman–Crippen LogP) is 3.76. The van der Waals surface area contributed by atoms with Crippen molar-refractivity contribution >= 4 is 34.4 Å². The lowest BCUT2D eigenvalue weighted by Crippen LogP contribution is -2.46. The van der Waals surface area contributed by atoms with Crippen molar-refractivity contribution in [2.45, 2.75) is 19.4 Å². The molecule has 9 heteroatoms. The molecule has 1 aliphatic rings. The molecule has 5 heterocycles. The number of nitrogens with one attached hydrogen (secondary N) is 1. The summed E-state index contributed by atoms with van der Waals surface area (Å²) in [5.74, 6) is 1.12. The number of rotatable bonds is 4. The Morgan fingerprint density at radius 3 is 2.84 bits per heavy atom. The first-order valence-corrected chi connectivity index (χ1v) is 10.6. The van der Waals surface area contributed by atoms with Crippen LogP contribution < -0.4 is 16.0 Å². The maximum Gasteiger partial charge on any atom is 0.229 e. The Balaban J connectivity index is 1.50. The second-order valence-electron chi connectivity index (χ2n) is 7.99. The van der Waals surface area contributed by atoms with Gasteiger partial charge in [-0.3, -0.25) is 9.97 Å². The number of piperidine rings is 1. The molecule has 0 aliphatic carbocycles. The van der Waals surface area contributed by atoms with Gasteiger partial charge in [-0.2, -0.15) is 9.61 Å². The van der Waals surface area contributed by atoms with Crippen LogP contribution in [0.4, 0.5) is 17.3 Å². The first kappa shape index (κ1) is 19.7. The molecule has 5 rings (SSSR count). The minimum absolute atomic E-state index is 0.157. The number of hydrogen-bond donors (Lipinski definition) is 2. The first-order chi connectivity index (χ1) is 15.1. The van der Waals surface area contributed by atoms with E-state index in [-0.39, 0.29) is 6.04 Å². The summed E-state index contributed by atoms with van der Waals surface area (Å²) < 4.78 is 1.75. The number of fused-ring (bicyclic) bond motifs is 1. The maximum absolute atomic E-state index is 6.32. The van der Waals surface area contributed by atoms with Crippen LogP contribution in [0.1, 0.15) is 13.3 Å². The van der Waals surface area contributed by atoms with Crippen LogP contribution in [0.25, 0.3) is 16.9 Å². The predicted molar refractivity (Wildman–Crippen MR) is 123 cm³/mol. The number of anilines is 3. The van der Waals surface area contributed by atoms with E-state index >= 15 is 0 Å². The summed E-state index contributed by atoms with van der Waals surface area (Å²) in [6.07, 6.45) is 8.12. The van der Waals surface area contributed by atoms with Crippen molar-refractivity contribution in [2.24, 2.45) is 11.7 Å². The number of nitrogens with zero attached hydrogens (tertiary/aromatic N) is 6. The van der Waals surface area contributed by atoms with Gasteiger partial charge in [0.1, 0.15) is 11.4 Å². The molecule has 3 N–H and O–H groups in total. The molecule has 4 aromatic rings. The summed E-state index contributed by atoms with van der Waals surface area (Å²) in [5.41, 5.74) is 10.3. The van der Waals surface area contributed by atoms with Crippen molar-refractivity contribution in [3.8, 4) is 11.4 Å². The average Bonchev–Trinajstić information content (AvgIpc) is 3.16. The summed E-state index contributed by atoms with van der Waals surface area (Å²) >= 11 is 6.32. The Morgan fingerprint density at radius 2 is 2.00 bits per heavy atom. The van der Waals surface area contributed by atoms with Crippen molar-refractivity contribution < 1.29 is 0 Å². The van der Waals surface area contributed by atoms with E-state index in [0.717, 1.165) is 36.4 Å². The third-order valence-corrected chi connectivity index (χ3v) is 5.77. The van der Waals surface area contributed by atoms with Gasteiger partial charge in [-0.25, -0.2) is 4.98 Å². The molecular formula is C22H23ClN8. The Morgan fingerprint density at radius 1 is 1.10 bits per heavy atom. The highest BCUT2D eigenvalue weighted by molar-refractivity contribution is 6.32. The number of imidazole rings is 1. The third kappa shape index (κ3) is 3.92. The van der Waals surface area contributed by atoms with Gasteiger partial charge in [-0.1, -0.05) is 18.5 Å². The molecule has 31 heavy (non-hydrogen) atoms. The van der Waals surface area contributed by atoms with Crippen LogP contribution in [-0.4, -0.2) is 43.7 Å². The number of nitrogens with two attached hydrogens (primary N) is 1. The number of aromatic nitrogens is 5. The number of hydrogen-bond acceptors (Lipinski definition) is 7. The molecule has 4 aromatic heterocycles. The van der Waals surface area contributed by atoms with Gasteiger partial charge in [0, 0.05) is 31.5 Å². The fraction of sp³-hybridized carbons (Fsp3) is 0.273. The first-order valence-electron chi connectivity index (χ1n) is 10.3. The molecular weight excluding hydrogens is 412 g/mol. The lowest BCUT2D eigenvalue weighted by molar-refractivity contribution is 0.402. The molecule has 0 amide bonds. The van der Waals surface area contributed by atoms with Gasteiger partial charge < -0.3 is 16.0 Å². The second-order valence-corrected chi connectivity index (χ2v) is 8.40. The van der Waals surface area contributed by atoms with Gasteiger partial charge >= 0.3 is 0 Å². The van der Waals surface area contributed by atoms with Crippen molar-refractivity contribution in [3.63, 3.8) is 0 Å². The molecule has 2 atom stereocenters. The van der Waals surface area contributed by atoms with Crippen molar-refractivity contribution in [2.75, 3.05) is 23.3 Å². The van der Waals surface area contributed by atoms with Crippen molar-refractivity contribution in [1.82, 2.24) is 24.6 Å². The molecule has 0 bridgehead atoms. The topological polar surface area (TPSA) is 97.3 Å². The molecule has 1 fully saturated rings. The third-order valence-electron chi connectivity index (χ3n) is 5.46. The standard InChI is InChI=1S/C22H23ClN8/c1-14-9-15(24)13-30(12-14)20-6-8-25-11-19(20)28-22-27-10-16-4-5-18(29-31(16)22)21-17(23)3-2-7-26-21/h2-8,10-11,14-15H,9,12-13,24H2,1H3,(H,27,28). The van der Waals surface area contributed by atoms with Gasteiger partial charge in [0.05, 0.1) is 34.3 Å². The van der Waals surface area contributed by atoms with E-state index in [4.69, 9.17) is 22.4 Å². The molecule has 8 nitrogen and oxygen atoms in total. The van der Waals surface area contributed by atoms with Crippen LogP contribution in [-0.2, 0) is 0 Å². The molecule has 0 radical (unpaired) electrons. The van der Waals surface area contributed by atoms with E-state index in [9.17, 15) is 0 Å². The normalized spacial score (nSPS) is 19.0. The molecule has 158 valence electrons. The average molecular weight is 435 g/mol. The highest BCUT2D eigenvalue weighted by Crippen LogP contribution is 2.31. The molecule has 2 unspecified atom stereocenters. The molecule has 0 spiro atoms. The molecule has 1 aliphatic heterocycles. The SMILES string of the molecule is CC1CC(N)CN(c2ccncc2Nc2ncc3ccc(-c4ncccc4Cl)nn23)C1. The minimum atomic E-state index is 0.157. The largest absolute Gasteiger partial charge is 0.368 e. The summed E-state index contributed by atoms with van der Waals surface area (Å²) in [4.78, 5) is 15.5. The number of pyridine rings is 2. The van der Waals surface area contributed by atoms with Crippen LogP contribution in [0.2, 0.25) is 5.02 Å². The van der Waals surface area contributed by atoms with Crippen LogP contribution in [0.3, 0.4) is 0 Å². The summed E-state index contributed by atoms with van der Waals surface area (Å²) in [6.45, 7) is 4.00. The summed E-state index contributed by atoms with van der Waals surface area (Å²) in [7, 11) is 0. The molecule has 0 aromatic carbocycles. The highest BCUT2D eigenvalue weighted by Gasteiger charge is 2.24. The zero-order valence-electron chi connectivity index (χ0n) is 17.1. The lowest BCUT2D eigenvalue weighted by atomic mass is 9.96. The van der Waals surface area contributed by atoms with Gasteiger partial charge in [0.25, 0.3) is 0 Å². The van der Waals surface area contributed by atoms with Crippen LogP contribution in [0.5, 0.6) is 0 Å². The van der Waals surface area contributed by atoms with E-state index in [2.05, 4.69) is 32.1 Å². The Labute approximate surface area is 185 Å². The monoisotopic (exact) mass is 434 g/mol. The van der Waals surface area contributed by atoms with Crippen LogP contribution in [0.15, 0.2) is 55.1 Å². The van der Waals surface area contributed by atoms with Crippen molar-refractivity contribution in [1.29, 1.82) is 0 Å². The zero-order valence-corrected chi connectivity index (χ0v) is 17.9. The smallest absolute Gasteiger partial charge is 0.229 e. The quantitative estimate of drug-likeness (QED) is 0.504. The molecule has 0 saturated carbocycles. The fourth-order valence-electron chi connectivity index (χ4n) is 4.14. The Bertz CT molecular complexity index is 1210. The fourth-order valence-corrected chi connectivity index (χ4v) is 4.36. The van der Waals surface area contributed by atoms with Crippen LogP contribution >= 0.6 is 11.6 Å². The summed E-state index contributed by atoms with van der Waals surface area (Å²) in [5, 5.41) is 8.68. The Kier molecular flexibility index (Phi) is 5.17. The van der Waals surface area contributed by atoms with E-state index in [1.54, 1.807) is 41.4 Å². The van der Waals surface area contributed by atoms with Gasteiger partial charge in [0.15, 0.2) is 0 Å². The van der Waals surface area contributed by atoms with E-state index in [1.165, 1.54) is 0 Å². The van der Waals surface area contributed by atoms with Gasteiger partial charge in [-0.05, 0) is 42.7 Å². The van der Waals surface area contributed by atoms with Gasteiger partial charge in [0.2, 0.25) is 5.95 Å². The molecule has 1 saturated heterocycles. The number of halogens is 1. The summed E-state index contributed by atoms with van der Waals surface area (Å²) in [6, 6.07) is 9.60. The van der Waals surface area contributed by atoms with E-state index < -0.39 is 0 Å². The minimum Gasteiger partial charge on any atom is -0.368 e. The maximum atomic E-state index is 6.32. The second kappa shape index (κ2) is 8.13. The van der Waals surface area contributed by atoms with E-state index in [0.29, 0.717) is 28.3 Å². The van der Waals surface area contributed by atoms with Gasteiger partial charge in [-0.15, -0.1) is 0 Å². The van der Waals surface area contributed by atoms with Crippen LogP contribution in [0, 0.1) is 5.92 Å². The van der Waals surface area contributed by atoms with E-state index in [1.807, 2.05) is 18.2 Å². The zero-order chi connectivity index (χ0) is 21.4.